The normalized spacial score (nSPS) is 10.8. The first-order valence-electron chi connectivity index (χ1n) is 17.7. The molecule has 0 unspecified atom stereocenters. The molecule has 0 saturated carbocycles. The second kappa shape index (κ2) is 29.8. The summed E-state index contributed by atoms with van der Waals surface area (Å²) in [4.78, 5) is 0. The molecular formula is C50H37BBr3N4PPr-. The van der Waals surface area contributed by atoms with Gasteiger partial charge >= 0.3 is 0 Å². The molecule has 0 aliphatic heterocycles. The average molecular weight is 1120 g/mol. The van der Waals surface area contributed by atoms with E-state index in [0.29, 0.717) is 44.7 Å². The summed E-state index contributed by atoms with van der Waals surface area (Å²) in [5.74, 6) is 0. The van der Waals surface area contributed by atoms with Gasteiger partial charge in [-0.25, -0.2) is 0 Å². The van der Waals surface area contributed by atoms with E-state index in [9.17, 15) is 10.5 Å². The van der Waals surface area contributed by atoms with Crippen molar-refractivity contribution in [2.45, 2.75) is 10.7 Å². The Kier molecular flexibility index (Phi) is 26.7. The van der Waals surface area contributed by atoms with E-state index in [2.05, 4.69) is 148 Å². The van der Waals surface area contributed by atoms with Crippen LogP contribution in [0.2, 0.25) is 0 Å². The Labute approximate surface area is 418 Å². The third-order valence-corrected chi connectivity index (χ3v) is 14.2. The molecule has 0 fully saturated rings. The number of nitrogens with zero attached hydrogens (tertiary/aromatic N) is 4. The van der Waals surface area contributed by atoms with E-state index in [0.717, 1.165) is 16.7 Å². The minimum Gasteiger partial charge on any atom is -1.00 e. The molecule has 0 bridgehead atoms. The molecule has 0 heterocycles. The van der Waals surface area contributed by atoms with Crippen molar-refractivity contribution in [2.24, 2.45) is 0 Å². The maximum Gasteiger partial charge on any atom is 0.201 e. The molecule has 0 amide bonds. The number of halogens is 3. The molecule has 0 spiro atoms. The van der Waals surface area contributed by atoms with E-state index < -0.39 is 7.26 Å². The van der Waals surface area contributed by atoms with Gasteiger partial charge in [-0.05, 0) is 66.2 Å². The Hall–Kier alpha value is -4.33. The van der Waals surface area contributed by atoms with Gasteiger partial charge in [0, 0.05) is 72.9 Å². The largest absolute Gasteiger partial charge is 1.00 e. The first-order chi connectivity index (χ1) is 27.9. The van der Waals surface area contributed by atoms with Crippen molar-refractivity contribution >= 4 is 63.4 Å². The van der Waals surface area contributed by atoms with Crippen molar-refractivity contribution in [1.29, 1.82) is 21.0 Å². The quantitative estimate of drug-likeness (QED) is 0.0706. The Balaban J connectivity index is 0.000000510. The molecule has 290 valence electrons. The van der Waals surface area contributed by atoms with Gasteiger partial charge in [-0.1, -0.05) is 86.5 Å². The van der Waals surface area contributed by atoms with Crippen LogP contribution in [0.3, 0.4) is 0 Å². The van der Waals surface area contributed by atoms with Crippen molar-refractivity contribution in [3.63, 3.8) is 0 Å². The Morgan fingerprint density at radius 1 is 0.567 bits per heavy atom. The molecule has 4 radical (unpaired) electrons. The van der Waals surface area contributed by atoms with Gasteiger partial charge in [0.25, 0.3) is 0 Å². The summed E-state index contributed by atoms with van der Waals surface area (Å²) in [7, 11) is -2.14. The maximum absolute atomic E-state index is 9.87. The summed E-state index contributed by atoms with van der Waals surface area (Å²) in [5.41, 5.74) is 5.52. The molecule has 6 aromatic carbocycles. The third-order valence-electron chi connectivity index (χ3n) is 8.64. The smallest absolute Gasteiger partial charge is 0.201 e. The molecular weight excluding hydrogens is 1080 g/mol. The van der Waals surface area contributed by atoms with E-state index in [1.54, 1.807) is 18.6 Å². The van der Waals surface area contributed by atoms with Gasteiger partial charge in [0.05, 0.1) is 34.4 Å². The van der Waals surface area contributed by atoms with Crippen LogP contribution in [0.15, 0.2) is 199 Å². The van der Waals surface area contributed by atoms with Crippen LogP contribution in [-0.2, 0) is 10.7 Å². The van der Waals surface area contributed by atoms with Crippen molar-refractivity contribution in [1.82, 2.24) is 0 Å². The number of rotatable bonds is 7. The maximum atomic E-state index is 9.87. The van der Waals surface area contributed by atoms with Gasteiger partial charge in [0.1, 0.15) is 41.0 Å². The van der Waals surface area contributed by atoms with Crippen molar-refractivity contribution in [3.05, 3.63) is 240 Å². The zero-order valence-corrected chi connectivity index (χ0v) is 42.0. The number of hydrogen-bond donors (Lipinski definition) is 0. The van der Waals surface area contributed by atoms with Crippen LogP contribution in [0.4, 0.5) is 0 Å². The van der Waals surface area contributed by atoms with Crippen LogP contribution in [0, 0.1) is 105 Å². The van der Waals surface area contributed by atoms with Gasteiger partial charge in [-0.3, -0.25) is 0 Å². The van der Waals surface area contributed by atoms with Gasteiger partial charge in [0.2, 0.25) is 6.07 Å². The first-order valence-corrected chi connectivity index (χ1v) is 21.9. The summed E-state index contributed by atoms with van der Waals surface area (Å²) in [5, 5.41) is 42.1. The standard InChI is InChI=1S/C28H21N2P.C10H6Br2N2.2C6H5.B.BrH.Pr/c1-22-17-24(20-30)25(18-23(22)19-29)21-31(26-11-5-2-6-12-26,27-13-7-3-8-14-27)28-15-9-4-10-16-28;11-3-7-1-9(5-13)8(4-12)2-10(7)6-14;2*1-2-4-6-5-3-1;;;/h2-18H,1,21H2;1-2H,3-4H2;2*1-5H;;1H;/q+2;;2*-1;;;/p-1. The van der Waals surface area contributed by atoms with Gasteiger partial charge in [0.15, 0.2) is 5.57 Å². The third kappa shape index (κ3) is 15.3. The minimum atomic E-state index is -2.14. The molecule has 1 aliphatic rings. The zero-order chi connectivity index (χ0) is 40.7. The topological polar surface area (TPSA) is 95.2 Å². The van der Waals surface area contributed by atoms with E-state index in [1.165, 1.54) is 15.9 Å². The second-order valence-electron chi connectivity index (χ2n) is 12.2. The molecule has 0 aromatic heterocycles. The van der Waals surface area contributed by atoms with Crippen LogP contribution >= 0.6 is 39.1 Å². The first kappa shape index (κ1) is 53.7. The average Bonchev–Trinajstić information content (AvgIpc) is 3.30. The molecule has 7 rings (SSSR count). The minimum absolute atomic E-state index is 0. The number of hydrogen-bond acceptors (Lipinski definition) is 4. The summed E-state index contributed by atoms with van der Waals surface area (Å²) >= 11 is 6.57. The fourth-order valence-corrected chi connectivity index (χ4v) is 11.0. The number of nitriles is 4. The summed E-state index contributed by atoms with van der Waals surface area (Å²) in [6.45, 7) is 3.95. The predicted molar refractivity (Wildman–Crippen MR) is 247 cm³/mol. The van der Waals surface area contributed by atoms with E-state index in [1.807, 2.05) is 84.9 Å². The van der Waals surface area contributed by atoms with Crippen LogP contribution in [0.1, 0.15) is 22.3 Å². The Morgan fingerprint density at radius 2 is 0.933 bits per heavy atom. The number of alkyl halides is 2. The van der Waals surface area contributed by atoms with E-state index >= 15 is 0 Å². The zero-order valence-electron chi connectivity index (χ0n) is 32.6. The molecule has 0 N–H and O–H groups in total. The Bertz CT molecular complexity index is 2220. The summed E-state index contributed by atoms with van der Waals surface area (Å²) < 4.78 is 0. The van der Waals surface area contributed by atoms with E-state index in [4.69, 9.17) is 10.5 Å². The molecule has 60 heavy (non-hydrogen) atoms. The van der Waals surface area contributed by atoms with Crippen LogP contribution in [0.5, 0.6) is 0 Å². The van der Waals surface area contributed by atoms with Crippen molar-refractivity contribution in [2.75, 3.05) is 6.16 Å². The van der Waals surface area contributed by atoms with Crippen LogP contribution < -0.4 is 32.9 Å². The molecule has 6 aromatic rings. The van der Waals surface area contributed by atoms with Gasteiger partial charge < -0.3 is 17.0 Å². The molecule has 1 aliphatic carbocycles. The molecule has 0 atom stereocenters. The van der Waals surface area contributed by atoms with E-state index in [-0.39, 0.29) is 66.7 Å². The van der Waals surface area contributed by atoms with Gasteiger partial charge in [-0.2, -0.15) is 88.6 Å². The number of allylic oxidation sites excluding steroid dienone is 5. The van der Waals surface area contributed by atoms with Gasteiger partial charge in [-0.15, -0.1) is 5.26 Å². The fraction of sp³-hybridized carbons (Fsp3) is 0.0600. The Morgan fingerprint density at radius 3 is 1.20 bits per heavy atom. The molecule has 4 nitrogen and oxygen atoms in total. The second-order valence-corrected chi connectivity index (χ2v) is 16.8. The summed E-state index contributed by atoms with van der Waals surface area (Å²) in [6, 6.07) is 68.9. The molecule has 0 saturated heterocycles. The van der Waals surface area contributed by atoms with Crippen molar-refractivity contribution < 1.29 is 58.3 Å². The van der Waals surface area contributed by atoms with Crippen LogP contribution in [0.25, 0.3) is 0 Å². The molecule has 10 heteroatoms. The fourth-order valence-electron chi connectivity index (χ4n) is 5.85. The number of benzene rings is 6. The monoisotopic (exact) mass is 1110 g/mol. The van der Waals surface area contributed by atoms with Crippen molar-refractivity contribution in [3.8, 4) is 24.3 Å². The summed E-state index contributed by atoms with van der Waals surface area (Å²) in [6.07, 6.45) is 4.25. The SMILES string of the molecule is C=C1[CH+]C(C#N)=C(C[P+](c2ccccc2)(c2ccccc2)c2ccccc2)C=C1C#N.N#Cc1cc(CBr)c(C#N)cc1CBr.[B].[Br-].[Pr].[c-]1ccccc1.[c-]1ccccc1. The van der Waals surface area contributed by atoms with Crippen LogP contribution in [-0.4, -0.2) is 14.6 Å². The predicted octanol–water partition coefficient (Wildman–Crippen LogP) is 7.84.